The Kier molecular flexibility index (Phi) is 4.93. The van der Waals surface area contributed by atoms with Crippen molar-refractivity contribution >= 4 is 16.9 Å². The van der Waals surface area contributed by atoms with Crippen LogP contribution in [0.2, 0.25) is 0 Å². The molecular weight excluding hydrogens is 358 g/mol. The first-order chi connectivity index (χ1) is 13.5. The second kappa shape index (κ2) is 7.53. The molecule has 1 amide bonds. The lowest BCUT2D eigenvalue weighted by Gasteiger charge is -2.31. The van der Waals surface area contributed by atoms with Crippen molar-refractivity contribution in [2.24, 2.45) is 5.92 Å². The van der Waals surface area contributed by atoms with Gasteiger partial charge in [0.1, 0.15) is 12.2 Å². The number of fused-ring (bicyclic) bond motifs is 1. The molecule has 4 rings (SSSR count). The molecule has 0 radical (unpaired) electrons. The molecule has 1 fully saturated rings. The van der Waals surface area contributed by atoms with Gasteiger partial charge in [0.05, 0.1) is 11.0 Å². The normalized spacial score (nSPS) is 15.3. The van der Waals surface area contributed by atoms with E-state index in [0.717, 1.165) is 24.8 Å². The van der Waals surface area contributed by atoms with E-state index in [4.69, 9.17) is 4.52 Å². The maximum atomic E-state index is 12.8. The van der Waals surface area contributed by atoms with E-state index in [2.05, 4.69) is 15.1 Å². The smallest absolute Gasteiger partial charge is 0.272 e. The third kappa shape index (κ3) is 3.67. The number of rotatable bonds is 4. The van der Waals surface area contributed by atoms with Crippen LogP contribution in [-0.2, 0) is 17.8 Å². The van der Waals surface area contributed by atoms with Gasteiger partial charge >= 0.3 is 0 Å². The van der Waals surface area contributed by atoms with Gasteiger partial charge < -0.3 is 9.42 Å². The second-order valence-corrected chi connectivity index (χ2v) is 7.34. The van der Waals surface area contributed by atoms with Crippen LogP contribution in [0.15, 0.2) is 33.6 Å². The molecule has 0 unspecified atom stereocenters. The summed E-state index contributed by atoms with van der Waals surface area (Å²) < 4.78 is 6.73. The predicted octanol–water partition coefficient (Wildman–Crippen LogP) is 1.88. The summed E-state index contributed by atoms with van der Waals surface area (Å²) in [5.74, 6) is 1.70. The maximum absolute atomic E-state index is 12.8. The topological polar surface area (TPSA) is 94.1 Å². The van der Waals surface area contributed by atoms with Crippen LogP contribution in [0.3, 0.4) is 0 Å². The van der Waals surface area contributed by atoms with Crippen molar-refractivity contribution in [3.8, 4) is 0 Å². The fourth-order valence-electron chi connectivity index (χ4n) is 3.77. The monoisotopic (exact) mass is 381 g/mol. The average Bonchev–Trinajstić information content (AvgIpc) is 3.10. The lowest BCUT2D eigenvalue weighted by molar-refractivity contribution is -0.133. The van der Waals surface area contributed by atoms with E-state index in [1.807, 2.05) is 29.2 Å². The number of piperidine rings is 1. The van der Waals surface area contributed by atoms with Crippen molar-refractivity contribution in [1.29, 1.82) is 0 Å². The van der Waals surface area contributed by atoms with Crippen molar-refractivity contribution in [2.45, 2.75) is 39.7 Å². The number of para-hydroxylation sites is 2. The van der Waals surface area contributed by atoms with E-state index >= 15 is 0 Å². The van der Waals surface area contributed by atoms with Gasteiger partial charge in [-0.25, -0.2) is 4.98 Å². The number of carbonyl (C=O) groups excluding carboxylic acids is 1. The summed E-state index contributed by atoms with van der Waals surface area (Å²) in [6.07, 6.45) is 2.52. The summed E-state index contributed by atoms with van der Waals surface area (Å²) in [5.41, 5.74) is 1.60. The van der Waals surface area contributed by atoms with Crippen LogP contribution in [0, 0.1) is 19.8 Å². The first-order valence-electron chi connectivity index (χ1n) is 9.54. The molecule has 1 saturated heterocycles. The molecule has 0 saturated carbocycles. The number of likely N-dealkylation sites (tertiary alicyclic amines) is 1. The number of hydrogen-bond donors (Lipinski definition) is 0. The highest BCUT2D eigenvalue weighted by Crippen LogP contribution is 2.21. The highest BCUT2D eigenvalue weighted by atomic mass is 16.5. The molecule has 8 nitrogen and oxygen atoms in total. The Hall–Kier alpha value is -3.03. The molecule has 146 valence electrons. The van der Waals surface area contributed by atoms with Crippen molar-refractivity contribution in [1.82, 2.24) is 24.6 Å². The first kappa shape index (κ1) is 18.3. The molecule has 0 aliphatic carbocycles. The van der Waals surface area contributed by atoms with Gasteiger partial charge in [-0.15, -0.1) is 0 Å². The first-order valence-corrected chi connectivity index (χ1v) is 9.54. The van der Waals surface area contributed by atoms with Crippen LogP contribution >= 0.6 is 0 Å². The van der Waals surface area contributed by atoms with Gasteiger partial charge in [-0.3, -0.25) is 14.2 Å². The molecule has 28 heavy (non-hydrogen) atoms. The highest BCUT2D eigenvalue weighted by Gasteiger charge is 2.25. The number of aryl methyl sites for hydroxylation is 2. The van der Waals surface area contributed by atoms with E-state index in [1.165, 1.54) is 4.57 Å². The summed E-state index contributed by atoms with van der Waals surface area (Å²) in [6.45, 7) is 4.87. The number of carbonyl (C=O) groups is 1. The molecule has 0 N–H and O–H groups in total. The number of hydrogen-bond acceptors (Lipinski definition) is 6. The van der Waals surface area contributed by atoms with Gasteiger partial charge in [0.25, 0.3) is 5.56 Å². The summed E-state index contributed by atoms with van der Waals surface area (Å²) in [6, 6.07) is 7.41. The van der Waals surface area contributed by atoms with Crippen molar-refractivity contribution in [3.63, 3.8) is 0 Å². The third-order valence-electron chi connectivity index (χ3n) is 5.31. The minimum atomic E-state index is -0.214. The van der Waals surface area contributed by atoms with E-state index < -0.39 is 0 Å². The van der Waals surface area contributed by atoms with Gasteiger partial charge in [-0.1, -0.05) is 17.3 Å². The summed E-state index contributed by atoms with van der Waals surface area (Å²) in [7, 11) is 0. The molecule has 0 atom stereocenters. The third-order valence-corrected chi connectivity index (χ3v) is 5.31. The Labute approximate surface area is 162 Å². The van der Waals surface area contributed by atoms with Crippen LogP contribution in [0.1, 0.15) is 30.3 Å². The fraction of sp³-hybridized carbons (Fsp3) is 0.450. The summed E-state index contributed by atoms with van der Waals surface area (Å²) in [4.78, 5) is 35.8. The minimum absolute atomic E-state index is 0.0371. The van der Waals surface area contributed by atoms with Crippen LogP contribution in [0.25, 0.3) is 11.0 Å². The number of benzene rings is 1. The zero-order valence-electron chi connectivity index (χ0n) is 16.1. The van der Waals surface area contributed by atoms with Gasteiger partial charge in [0, 0.05) is 19.5 Å². The Morgan fingerprint density at radius 3 is 2.64 bits per heavy atom. The Balaban J connectivity index is 1.43. The van der Waals surface area contributed by atoms with Crippen LogP contribution in [-0.4, -0.2) is 43.6 Å². The molecule has 2 aromatic heterocycles. The Bertz CT molecular complexity index is 1060. The Morgan fingerprint density at radius 2 is 1.93 bits per heavy atom. The zero-order valence-corrected chi connectivity index (χ0v) is 16.1. The molecule has 3 heterocycles. The molecule has 1 aliphatic heterocycles. The molecule has 3 aromatic rings. The Morgan fingerprint density at radius 1 is 1.18 bits per heavy atom. The van der Waals surface area contributed by atoms with Crippen molar-refractivity contribution < 1.29 is 9.32 Å². The molecule has 1 aromatic carbocycles. The van der Waals surface area contributed by atoms with E-state index in [-0.39, 0.29) is 18.0 Å². The highest BCUT2D eigenvalue weighted by molar-refractivity contribution is 5.80. The minimum Gasteiger partial charge on any atom is -0.341 e. The fourth-order valence-corrected chi connectivity index (χ4v) is 3.77. The quantitative estimate of drug-likeness (QED) is 0.685. The van der Waals surface area contributed by atoms with E-state index in [1.54, 1.807) is 13.8 Å². The van der Waals surface area contributed by atoms with Crippen LogP contribution in [0.5, 0.6) is 0 Å². The second-order valence-electron chi connectivity index (χ2n) is 7.34. The predicted molar refractivity (Wildman–Crippen MR) is 103 cm³/mol. The largest absolute Gasteiger partial charge is 0.341 e. The van der Waals surface area contributed by atoms with Gasteiger partial charge in [0.15, 0.2) is 5.82 Å². The standard InChI is InChI=1S/C20H23N5O3/c1-13-20(27)25(17-6-4-3-5-16(17)21-13)12-19(26)24-9-7-15(8-10-24)11-18-22-14(2)23-28-18/h3-6,15H,7-12H2,1-2H3. The molecule has 1 aliphatic rings. The molecule has 0 spiro atoms. The lowest BCUT2D eigenvalue weighted by Crippen LogP contribution is -2.42. The zero-order chi connectivity index (χ0) is 19.7. The number of aromatic nitrogens is 4. The SMILES string of the molecule is Cc1noc(CC2CCN(C(=O)Cn3c(=O)c(C)nc4ccccc43)CC2)n1. The number of amides is 1. The summed E-state index contributed by atoms with van der Waals surface area (Å²) >= 11 is 0. The maximum Gasteiger partial charge on any atom is 0.272 e. The van der Waals surface area contributed by atoms with Gasteiger partial charge in [0.2, 0.25) is 11.8 Å². The van der Waals surface area contributed by atoms with Crippen LogP contribution < -0.4 is 5.56 Å². The molecule has 0 bridgehead atoms. The molecular formula is C20H23N5O3. The van der Waals surface area contributed by atoms with Crippen LogP contribution in [0.4, 0.5) is 0 Å². The van der Waals surface area contributed by atoms with Gasteiger partial charge in [-0.2, -0.15) is 4.98 Å². The number of nitrogens with zero attached hydrogens (tertiary/aromatic N) is 5. The lowest BCUT2D eigenvalue weighted by atomic mass is 9.93. The average molecular weight is 381 g/mol. The van der Waals surface area contributed by atoms with Crippen molar-refractivity contribution in [2.75, 3.05) is 13.1 Å². The summed E-state index contributed by atoms with van der Waals surface area (Å²) in [5, 5.41) is 3.82. The van der Waals surface area contributed by atoms with Crippen molar-refractivity contribution in [3.05, 3.63) is 52.0 Å². The van der Waals surface area contributed by atoms with E-state index in [9.17, 15) is 9.59 Å². The van der Waals surface area contributed by atoms with Gasteiger partial charge in [-0.05, 0) is 44.7 Å². The molecule has 8 heteroatoms. The van der Waals surface area contributed by atoms with E-state index in [0.29, 0.717) is 41.9 Å².